The van der Waals surface area contributed by atoms with Crippen molar-refractivity contribution < 1.29 is 8.78 Å². The van der Waals surface area contributed by atoms with Crippen LogP contribution in [0.1, 0.15) is 29.8 Å². The van der Waals surface area contributed by atoms with Crippen LogP contribution < -0.4 is 16.4 Å². The number of fused-ring (bicyclic) bond motifs is 1. The summed E-state index contributed by atoms with van der Waals surface area (Å²) in [6, 6.07) is 11.6. The standard InChI is InChI=1S/C28H27F2N9/c1-17-4-2-5-24(37-17)28(32)8-3-9-38(14-28)23-12-33-22(18-6-7-20(29)21(30)10-18)11-19(23)13-39-16-36-25-26(31)34-15-35-27(25)39/h2,4-7,10-12,15-16H,3,8-9,13-14,32H2,1H3,(H2,31,34,35). The average molecular weight is 528 g/mol. The summed E-state index contributed by atoms with van der Waals surface area (Å²) >= 11 is 0. The molecule has 39 heavy (non-hydrogen) atoms. The van der Waals surface area contributed by atoms with Crippen molar-refractivity contribution in [3.63, 3.8) is 0 Å². The van der Waals surface area contributed by atoms with Crippen LogP contribution in [0.3, 0.4) is 0 Å². The Morgan fingerprint density at radius 1 is 1.03 bits per heavy atom. The average Bonchev–Trinajstić information content (AvgIpc) is 3.34. The maximum absolute atomic E-state index is 14.1. The second-order valence-corrected chi connectivity index (χ2v) is 9.98. The number of aryl methyl sites for hydroxylation is 1. The van der Waals surface area contributed by atoms with Gasteiger partial charge in [0.2, 0.25) is 0 Å². The molecule has 4 aromatic heterocycles. The van der Waals surface area contributed by atoms with Gasteiger partial charge in [-0.1, -0.05) is 6.07 Å². The maximum atomic E-state index is 14.1. The number of nitrogens with two attached hydrogens (primary N) is 2. The molecule has 5 heterocycles. The van der Waals surface area contributed by atoms with Crippen molar-refractivity contribution in [2.75, 3.05) is 23.7 Å². The minimum atomic E-state index is -0.928. The van der Waals surface area contributed by atoms with Crippen LogP contribution in [0.15, 0.2) is 61.3 Å². The Morgan fingerprint density at radius 3 is 2.72 bits per heavy atom. The number of rotatable bonds is 5. The molecule has 6 rings (SSSR count). The molecule has 0 aliphatic carbocycles. The number of hydrogen-bond acceptors (Lipinski definition) is 8. The Hall–Kier alpha value is -4.51. The summed E-state index contributed by atoms with van der Waals surface area (Å²) in [5, 5.41) is 0. The van der Waals surface area contributed by atoms with E-state index in [1.54, 1.807) is 12.5 Å². The predicted octanol–water partition coefficient (Wildman–Crippen LogP) is 3.95. The van der Waals surface area contributed by atoms with Gasteiger partial charge in [-0.15, -0.1) is 0 Å². The van der Waals surface area contributed by atoms with Crippen LogP contribution in [0, 0.1) is 18.6 Å². The van der Waals surface area contributed by atoms with E-state index in [9.17, 15) is 8.78 Å². The fraction of sp³-hybridized carbons (Fsp3) is 0.250. The summed E-state index contributed by atoms with van der Waals surface area (Å²) in [4.78, 5) is 24.4. The first-order valence-electron chi connectivity index (χ1n) is 12.6. The lowest BCUT2D eigenvalue weighted by Gasteiger charge is -2.41. The fourth-order valence-electron chi connectivity index (χ4n) is 5.23. The molecule has 0 bridgehead atoms. The number of benzene rings is 1. The van der Waals surface area contributed by atoms with E-state index in [4.69, 9.17) is 16.5 Å². The highest BCUT2D eigenvalue weighted by Gasteiger charge is 2.35. The highest BCUT2D eigenvalue weighted by Crippen LogP contribution is 2.34. The van der Waals surface area contributed by atoms with Gasteiger partial charge in [-0.2, -0.15) is 0 Å². The third-order valence-electron chi connectivity index (χ3n) is 7.21. The van der Waals surface area contributed by atoms with E-state index in [0.717, 1.165) is 54.2 Å². The highest BCUT2D eigenvalue weighted by atomic mass is 19.2. The van der Waals surface area contributed by atoms with Gasteiger partial charge in [-0.3, -0.25) is 9.97 Å². The summed E-state index contributed by atoms with van der Waals surface area (Å²) < 4.78 is 29.6. The van der Waals surface area contributed by atoms with Gasteiger partial charge in [0.05, 0.1) is 41.7 Å². The molecule has 1 saturated heterocycles. The van der Waals surface area contributed by atoms with Gasteiger partial charge < -0.3 is 20.9 Å². The zero-order valence-corrected chi connectivity index (χ0v) is 21.4. The van der Waals surface area contributed by atoms with E-state index < -0.39 is 17.2 Å². The summed E-state index contributed by atoms with van der Waals surface area (Å²) in [6.07, 6.45) is 6.51. The van der Waals surface area contributed by atoms with Crippen molar-refractivity contribution in [1.29, 1.82) is 0 Å². The second-order valence-electron chi connectivity index (χ2n) is 9.98. The molecule has 1 fully saturated rings. The first kappa shape index (κ1) is 24.8. The zero-order chi connectivity index (χ0) is 27.1. The van der Waals surface area contributed by atoms with Crippen LogP contribution >= 0.6 is 0 Å². The fourth-order valence-corrected chi connectivity index (χ4v) is 5.23. The lowest BCUT2D eigenvalue weighted by Crippen LogP contribution is -2.52. The van der Waals surface area contributed by atoms with Crippen LogP contribution in [0.4, 0.5) is 20.3 Å². The predicted molar refractivity (Wildman–Crippen MR) is 145 cm³/mol. The lowest BCUT2D eigenvalue weighted by atomic mass is 9.86. The SMILES string of the molecule is Cc1cccc(C2(N)CCCN(c3cnc(-c4ccc(F)c(F)c4)cc3Cn3cnc4c(N)ncnc43)C2)n1. The minimum Gasteiger partial charge on any atom is -0.382 e. The molecule has 0 saturated carbocycles. The number of aromatic nitrogens is 6. The van der Waals surface area contributed by atoms with Crippen LogP contribution in [0.2, 0.25) is 0 Å². The monoisotopic (exact) mass is 527 g/mol. The molecule has 0 radical (unpaired) electrons. The van der Waals surface area contributed by atoms with E-state index in [-0.39, 0.29) is 0 Å². The molecule has 198 valence electrons. The van der Waals surface area contributed by atoms with Crippen LogP contribution in [-0.4, -0.2) is 42.6 Å². The van der Waals surface area contributed by atoms with Gasteiger partial charge in [0.1, 0.15) is 11.8 Å². The molecule has 4 N–H and O–H groups in total. The Balaban J connectivity index is 1.42. The lowest BCUT2D eigenvalue weighted by molar-refractivity contribution is 0.344. The van der Waals surface area contributed by atoms with Crippen LogP contribution in [0.5, 0.6) is 0 Å². The first-order valence-corrected chi connectivity index (χ1v) is 12.6. The third kappa shape index (κ3) is 4.65. The molecule has 11 heteroatoms. The quantitative estimate of drug-likeness (QED) is 0.352. The van der Waals surface area contributed by atoms with E-state index in [0.29, 0.717) is 41.3 Å². The third-order valence-corrected chi connectivity index (χ3v) is 7.21. The van der Waals surface area contributed by atoms with E-state index in [1.807, 2.05) is 35.8 Å². The van der Waals surface area contributed by atoms with Gasteiger partial charge >= 0.3 is 0 Å². The zero-order valence-electron chi connectivity index (χ0n) is 21.4. The molecule has 1 aliphatic heterocycles. The molecular weight excluding hydrogens is 500 g/mol. The first-order chi connectivity index (χ1) is 18.8. The molecule has 1 unspecified atom stereocenters. The van der Waals surface area contributed by atoms with E-state index >= 15 is 0 Å². The topological polar surface area (TPSA) is 125 Å². The summed E-state index contributed by atoms with van der Waals surface area (Å²) in [7, 11) is 0. The number of piperidine rings is 1. The molecule has 9 nitrogen and oxygen atoms in total. The number of pyridine rings is 2. The summed E-state index contributed by atoms with van der Waals surface area (Å²) in [5.74, 6) is -1.54. The smallest absolute Gasteiger partial charge is 0.165 e. The Labute approximate surface area is 223 Å². The van der Waals surface area contributed by atoms with Crippen molar-refractivity contribution in [2.45, 2.75) is 31.8 Å². The Morgan fingerprint density at radius 2 is 1.90 bits per heavy atom. The Kier molecular flexibility index (Phi) is 6.15. The van der Waals surface area contributed by atoms with Gasteiger partial charge in [-0.25, -0.2) is 23.7 Å². The number of hydrogen-bond donors (Lipinski definition) is 2. The number of nitrogen functional groups attached to an aromatic ring is 1. The molecule has 1 atom stereocenters. The number of halogens is 2. The molecule has 1 aliphatic rings. The molecule has 1 aromatic carbocycles. The maximum Gasteiger partial charge on any atom is 0.165 e. The van der Waals surface area contributed by atoms with Gasteiger partial charge in [-0.05, 0) is 61.7 Å². The molecule has 0 spiro atoms. The second kappa shape index (κ2) is 9.66. The minimum absolute atomic E-state index is 0.297. The highest BCUT2D eigenvalue weighted by molar-refractivity contribution is 5.81. The largest absolute Gasteiger partial charge is 0.382 e. The van der Waals surface area contributed by atoms with E-state index in [2.05, 4.69) is 24.8 Å². The Bertz CT molecular complexity index is 1690. The van der Waals surface area contributed by atoms with Crippen molar-refractivity contribution in [3.05, 3.63) is 89.9 Å². The van der Waals surface area contributed by atoms with Crippen LogP contribution in [-0.2, 0) is 12.1 Å². The van der Waals surface area contributed by atoms with Crippen molar-refractivity contribution in [2.24, 2.45) is 5.73 Å². The van der Waals surface area contributed by atoms with Crippen molar-refractivity contribution in [3.8, 4) is 11.3 Å². The van der Waals surface area contributed by atoms with Gasteiger partial charge in [0.25, 0.3) is 0 Å². The number of anilines is 2. The van der Waals surface area contributed by atoms with Crippen molar-refractivity contribution >= 4 is 22.7 Å². The van der Waals surface area contributed by atoms with Gasteiger partial charge in [0, 0.05) is 24.3 Å². The normalized spacial score (nSPS) is 17.6. The number of nitrogens with zero attached hydrogens (tertiary/aromatic N) is 7. The number of imidazole rings is 1. The molecule has 0 amide bonds. The summed E-state index contributed by atoms with van der Waals surface area (Å²) in [5.41, 5.74) is 18.0. The molecular formula is C28H27F2N9. The molecule has 5 aromatic rings. The summed E-state index contributed by atoms with van der Waals surface area (Å²) in [6.45, 7) is 3.67. The van der Waals surface area contributed by atoms with Crippen molar-refractivity contribution in [1.82, 2.24) is 29.5 Å². The van der Waals surface area contributed by atoms with Gasteiger partial charge in [0.15, 0.2) is 23.1 Å². The van der Waals surface area contributed by atoms with E-state index in [1.165, 1.54) is 12.4 Å². The van der Waals surface area contributed by atoms with Crippen LogP contribution in [0.25, 0.3) is 22.4 Å².